The summed E-state index contributed by atoms with van der Waals surface area (Å²) < 4.78 is 27.1. The fourth-order valence-electron chi connectivity index (χ4n) is 2.78. The first-order valence-electron chi connectivity index (χ1n) is 7.75. The van der Waals surface area contributed by atoms with Crippen molar-refractivity contribution in [1.29, 1.82) is 0 Å². The monoisotopic (exact) mass is 397 g/mol. The lowest BCUT2D eigenvalue weighted by Gasteiger charge is -2.24. The van der Waals surface area contributed by atoms with E-state index < -0.39 is 11.9 Å². The zero-order valence-corrected chi connectivity index (χ0v) is 14.8. The van der Waals surface area contributed by atoms with Crippen molar-refractivity contribution in [2.45, 2.75) is 25.8 Å². The summed E-state index contributed by atoms with van der Waals surface area (Å²) in [6.45, 7) is 3.18. The van der Waals surface area contributed by atoms with Gasteiger partial charge in [-0.05, 0) is 41.8 Å². The molecule has 0 saturated carbocycles. The maximum absolute atomic E-state index is 14.4. The molecule has 128 valence electrons. The summed E-state index contributed by atoms with van der Waals surface area (Å²) >= 11 is 3.30. The number of hydrogen-bond donors (Lipinski definition) is 0. The molecule has 1 saturated heterocycles. The highest BCUT2D eigenvalue weighted by Crippen LogP contribution is 2.33. The Morgan fingerprint density at radius 2 is 2.21 bits per heavy atom. The number of nitrogens with zero attached hydrogens (tertiary/aromatic N) is 3. The quantitative estimate of drug-likeness (QED) is 0.584. The van der Waals surface area contributed by atoms with Gasteiger partial charge in [0.25, 0.3) is 0 Å². The van der Waals surface area contributed by atoms with Crippen LogP contribution in [0, 0.1) is 5.95 Å². The second-order valence-electron chi connectivity index (χ2n) is 5.41. The Morgan fingerprint density at radius 1 is 1.46 bits per heavy atom. The molecule has 0 spiro atoms. The normalized spacial score (nSPS) is 15.5. The van der Waals surface area contributed by atoms with Gasteiger partial charge in [-0.2, -0.15) is 9.49 Å². The van der Waals surface area contributed by atoms with Gasteiger partial charge in [0.15, 0.2) is 0 Å². The molecular formula is C16H17BrFN3O3. The van der Waals surface area contributed by atoms with Gasteiger partial charge in [0.05, 0.1) is 30.1 Å². The maximum atomic E-state index is 14.4. The molecule has 0 atom stereocenters. The van der Waals surface area contributed by atoms with E-state index in [0.29, 0.717) is 23.4 Å². The number of rotatable bonds is 4. The molecule has 8 heteroatoms. The van der Waals surface area contributed by atoms with E-state index in [4.69, 9.17) is 9.47 Å². The van der Waals surface area contributed by atoms with Crippen molar-refractivity contribution in [1.82, 2.24) is 14.8 Å². The third kappa shape index (κ3) is 3.34. The average molecular weight is 398 g/mol. The molecular weight excluding hydrogens is 381 g/mol. The van der Waals surface area contributed by atoms with Crippen LogP contribution in [-0.2, 0) is 9.47 Å². The standard InChI is InChI=1S/C16H17BrFN3O3/c1-2-24-16(22)13-9-20-21(11-3-5-23-6-4-11)14(13)12-7-10(17)8-19-15(12)18/h7-9,11H,2-6H2,1H3. The summed E-state index contributed by atoms with van der Waals surface area (Å²) in [6, 6.07) is 1.63. The molecule has 3 heterocycles. The van der Waals surface area contributed by atoms with E-state index in [9.17, 15) is 9.18 Å². The number of halogens is 2. The zero-order valence-electron chi connectivity index (χ0n) is 13.2. The average Bonchev–Trinajstić information content (AvgIpc) is 3.03. The Bertz CT molecular complexity index is 744. The first-order chi connectivity index (χ1) is 11.6. The summed E-state index contributed by atoms with van der Waals surface area (Å²) in [7, 11) is 0. The van der Waals surface area contributed by atoms with E-state index in [2.05, 4.69) is 26.0 Å². The Hall–Kier alpha value is -1.80. The first kappa shape index (κ1) is 17.0. The van der Waals surface area contributed by atoms with E-state index in [-0.39, 0.29) is 23.8 Å². The maximum Gasteiger partial charge on any atom is 0.341 e. The number of hydrogen-bond acceptors (Lipinski definition) is 5. The highest BCUT2D eigenvalue weighted by Gasteiger charge is 2.27. The van der Waals surface area contributed by atoms with Crippen LogP contribution in [0.15, 0.2) is 22.9 Å². The lowest BCUT2D eigenvalue weighted by atomic mass is 10.1. The van der Waals surface area contributed by atoms with Crippen LogP contribution in [-0.4, -0.2) is 40.6 Å². The molecule has 1 aliphatic rings. The SMILES string of the molecule is CCOC(=O)c1cnn(C2CCOCC2)c1-c1cc(Br)cnc1F. The lowest BCUT2D eigenvalue weighted by molar-refractivity contribution is 0.0526. The predicted octanol–water partition coefficient (Wildman–Crippen LogP) is 3.37. The molecule has 0 radical (unpaired) electrons. The molecule has 0 aromatic carbocycles. The molecule has 0 unspecified atom stereocenters. The molecule has 0 bridgehead atoms. The van der Waals surface area contributed by atoms with Gasteiger partial charge in [0.2, 0.25) is 5.95 Å². The van der Waals surface area contributed by atoms with Crippen LogP contribution < -0.4 is 0 Å². The van der Waals surface area contributed by atoms with Crippen molar-refractivity contribution in [3.63, 3.8) is 0 Å². The van der Waals surface area contributed by atoms with Gasteiger partial charge in [-0.1, -0.05) is 0 Å². The third-order valence-corrected chi connectivity index (χ3v) is 4.32. The lowest BCUT2D eigenvalue weighted by Crippen LogP contribution is -2.21. The Morgan fingerprint density at radius 3 is 2.92 bits per heavy atom. The molecule has 3 rings (SSSR count). The molecule has 1 fully saturated rings. The Balaban J connectivity index is 2.13. The molecule has 0 amide bonds. The van der Waals surface area contributed by atoms with Gasteiger partial charge in [0, 0.05) is 23.9 Å². The summed E-state index contributed by atoms with van der Waals surface area (Å²) in [5, 5.41) is 4.34. The minimum Gasteiger partial charge on any atom is -0.462 e. The Labute approximate surface area is 147 Å². The van der Waals surface area contributed by atoms with Gasteiger partial charge in [-0.3, -0.25) is 4.68 Å². The number of ether oxygens (including phenoxy) is 2. The van der Waals surface area contributed by atoms with Crippen molar-refractivity contribution in [3.8, 4) is 11.3 Å². The summed E-state index contributed by atoms with van der Waals surface area (Å²) in [4.78, 5) is 16.0. The summed E-state index contributed by atoms with van der Waals surface area (Å²) in [6.07, 6.45) is 4.31. The largest absolute Gasteiger partial charge is 0.462 e. The number of esters is 1. The number of aromatic nitrogens is 3. The smallest absolute Gasteiger partial charge is 0.341 e. The van der Waals surface area contributed by atoms with Crippen LogP contribution in [0.4, 0.5) is 4.39 Å². The van der Waals surface area contributed by atoms with Crippen molar-refractivity contribution < 1.29 is 18.7 Å². The van der Waals surface area contributed by atoms with Crippen molar-refractivity contribution in [2.75, 3.05) is 19.8 Å². The first-order valence-corrected chi connectivity index (χ1v) is 8.55. The van der Waals surface area contributed by atoms with E-state index in [0.717, 1.165) is 12.8 Å². The van der Waals surface area contributed by atoms with Crippen LogP contribution in [0.3, 0.4) is 0 Å². The molecule has 1 aliphatic heterocycles. The molecule has 0 aliphatic carbocycles. The molecule has 0 N–H and O–H groups in total. The topological polar surface area (TPSA) is 66.2 Å². The fourth-order valence-corrected chi connectivity index (χ4v) is 3.12. The fraction of sp³-hybridized carbons (Fsp3) is 0.438. The molecule has 2 aromatic rings. The van der Waals surface area contributed by atoms with Crippen molar-refractivity contribution in [3.05, 3.63) is 34.4 Å². The Kier molecular flexibility index (Phi) is 5.25. The third-order valence-electron chi connectivity index (χ3n) is 3.89. The second-order valence-corrected chi connectivity index (χ2v) is 6.32. The summed E-state index contributed by atoms with van der Waals surface area (Å²) in [5.41, 5.74) is 0.852. The summed E-state index contributed by atoms with van der Waals surface area (Å²) in [5.74, 6) is -1.18. The highest BCUT2D eigenvalue weighted by molar-refractivity contribution is 9.10. The van der Waals surface area contributed by atoms with Gasteiger partial charge in [0.1, 0.15) is 5.56 Å². The zero-order chi connectivity index (χ0) is 17.1. The molecule has 6 nitrogen and oxygen atoms in total. The van der Waals surface area contributed by atoms with Crippen LogP contribution in [0.2, 0.25) is 0 Å². The van der Waals surface area contributed by atoms with Crippen molar-refractivity contribution >= 4 is 21.9 Å². The predicted molar refractivity (Wildman–Crippen MR) is 88.2 cm³/mol. The van der Waals surface area contributed by atoms with Crippen LogP contribution in [0.5, 0.6) is 0 Å². The van der Waals surface area contributed by atoms with E-state index in [1.54, 1.807) is 17.7 Å². The second kappa shape index (κ2) is 7.40. The van der Waals surface area contributed by atoms with E-state index in [1.807, 2.05) is 0 Å². The molecule has 24 heavy (non-hydrogen) atoms. The minimum absolute atomic E-state index is 0.0373. The van der Waals surface area contributed by atoms with Gasteiger partial charge < -0.3 is 9.47 Å². The number of carbonyl (C=O) groups excluding carboxylic acids is 1. The van der Waals surface area contributed by atoms with Crippen LogP contribution in [0.25, 0.3) is 11.3 Å². The minimum atomic E-state index is -0.655. The highest BCUT2D eigenvalue weighted by atomic mass is 79.9. The van der Waals surface area contributed by atoms with Crippen LogP contribution >= 0.6 is 15.9 Å². The van der Waals surface area contributed by atoms with E-state index in [1.165, 1.54) is 12.4 Å². The van der Waals surface area contributed by atoms with Gasteiger partial charge in [-0.25, -0.2) is 9.78 Å². The van der Waals surface area contributed by atoms with Gasteiger partial charge >= 0.3 is 5.97 Å². The number of carbonyl (C=O) groups is 1. The number of pyridine rings is 1. The van der Waals surface area contributed by atoms with E-state index >= 15 is 0 Å². The van der Waals surface area contributed by atoms with Crippen LogP contribution in [0.1, 0.15) is 36.2 Å². The molecule has 2 aromatic heterocycles. The van der Waals surface area contributed by atoms with Gasteiger partial charge in [-0.15, -0.1) is 0 Å². The van der Waals surface area contributed by atoms with Crippen molar-refractivity contribution in [2.24, 2.45) is 0 Å².